The Balaban J connectivity index is 3.71. The Bertz CT molecular complexity index is 110. The van der Waals surface area contributed by atoms with Gasteiger partial charge in [-0.1, -0.05) is 13.8 Å². The van der Waals surface area contributed by atoms with Crippen LogP contribution in [-0.4, -0.2) is 11.5 Å². The third-order valence-electron chi connectivity index (χ3n) is 1.73. The van der Waals surface area contributed by atoms with Gasteiger partial charge in [-0.3, -0.25) is 0 Å². The molecule has 0 bridgehead atoms. The minimum absolute atomic E-state index is 0.271. The second kappa shape index (κ2) is 4.78. The number of carbonyl (C=O) groups is 1. The van der Waals surface area contributed by atoms with Crippen LogP contribution in [0.3, 0.4) is 0 Å². The molecule has 0 saturated carbocycles. The SMILES string of the molecule is CC(=O)C[C@@H](CS)C(C)C. The largest absolute Gasteiger partial charge is 0.300 e. The summed E-state index contributed by atoms with van der Waals surface area (Å²) in [4.78, 5) is 10.7. The van der Waals surface area contributed by atoms with Gasteiger partial charge >= 0.3 is 0 Å². The zero-order valence-electron chi connectivity index (χ0n) is 6.92. The van der Waals surface area contributed by atoms with Gasteiger partial charge in [-0.15, -0.1) is 0 Å². The van der Waals surface area contributed by atoms with Gasteiger partial charge in [-0.2, -0.15) is 12.6 Å². The van der Waals surface area contributed by atoms with Crippen LogP contribution >= 0.6 is 12.6 Å². The van der Waals surface area contributed by atoms with Crippen molar-refractivity contribution < 1.29 is 4.79 Å². The summed E-state index contributed by atoms with van der Waals surface area (Å²) in [6, 6.07) is 0. The van der Waals surface area contributed by atoms with Crippen LogP contribution in [0.4, 0.5) is 0 Å². The standard InChI is InChI=1S/C8H16OS/c1-6(2)8(5-10)4-7(3)9/h6,8,10H,4-5H2,1-3H3/t8-/m0/s1. The van der Waals surface area contributed by atoms with Crippen LogP contribution in [0.15, 0.2) is 0 Å². The summed E-state index contributed by atoms with van der Waals surface area (Å²) in [5.41, 5.74) is 0. The van der Waals surface area contributed by atoms with Crippen molar-refractivity contribution in [2.75, 3.05) is 5.75 Å². The summed E-state index contributed by atoms with van der Waals surface area (Å²) >= 11 is 4.18. The van der Waals surface area contributed by atoms with Crippen LogP contribution in [0.5, 0.6) is 0 Å². The fourth-order valence-corrected chi connectivity index (χ4v) is 1.43. The fraction of sp³-hybridized carbons (Fsp3) is 0.875. The highest BCUT2D eigenvalue weighted by atomic mass is 32.1. The van der Waals surface area contributed by atoms with Crippen LogP contribution in [-0.2, 0) is 4.79 Å². The molecule has 10 heavy (non-hydrogen) atoms. The molecule has 0 rings (SSSR count). The number of ketones is 1. The molecule has 0 heterocycles. The van der Waals surface area contributed by atoms with E-state index in [0.717, 1.165) is 5.75 Å². The average molecular weight is 160 g/mol. The van der Waals surface area contributed by atoms with Crippen molar-refractivity contribution in [1.29, 1.82) is 0 Å². The second-order valence-corrected chi connectivity index (χ2v) is 3.46. The maximum absolute atomic E-state index is 10.7. The molecule has 1 nitrogen and oxygen atoms in total. The van der Waals surface area contributed by atoms with Gasteiger partial charge in [0.15, 0.2) is 0 Å². The van der Waals surface area contributed by atoms with Crippen molar-refractivity contribution in [3.8, 4) is 0 Å². The van der Waals surface area contributed by atoms with Gasteiger partial charge in [0.1, 0.15) is 5.78 Å². The normalized spacial score (nSPS) is 13.7. The molecule has 0 unspecified atom stereocenters. The van der Waals surface area contributed by atoms with Crippen LogP contribution in [0.25, 0.3) is 0 Å². The zero-order valence-corrected chi connectivity index (χ0v) is 7.82. The number of rotatable bonds is 4. The Labute approximate surface area is 68.6 Å². The van der Waals surface area contributed by atoms with Gasteiger partial charge in [-0.05, 0) is 24.5 Å². The van der Waals surface area contributed by atoms with Crippen molar-refractivity contribution in [3.05, 3.63) is 0 Å². The van der Waals surface area contributed by atoms with E-state index in [9.17, 15) is 4.79 Å². The summed E-state index contributed by atoms with van der Waals surface area (Å²) in [5, 5.41) is 0. The summed E-state index contributed by atoms with van der Waals surface area (Å²) in [5.74, 6) is 2.12. The molecule has 0 saturated heterocycles. The number of Topliss-reactive ketones (excluding diaryl/α,β-unsaturated/α-hetero) is 1. The molecule has 60 valence electrons. The number of carbonyl (C=O) groups excluding carboxylic acids is 1. The van der Waals surface area contributed by atoms with Crippen molar-refractivity contribution in [1.82, 2.24) is 0 Å². The summed E-state index contributed by atoms with van der Waals surface area (Å²) in [6.07, 6.45) is 0.682. The molecule has 0 aromatic rings. The molecule has 2 heteroatoms. The Morgan fingerprint density at radius 1 is 1.50 bits per heavy atom. The fourth-order valence-electron chi connectivity index (χ4n) is 0.880. The first-order valence-electron chi connectivity index (χ1n) is 3.68. The first kappa shape index (κ1) is 10.0. The van der Waals surface area contributed by atoms with E-state index in [1.807, 2.05) is 0 Å². The van der Waals surface area contributed by atoms with Gasteiger partial charge in [0, 0.05) is 6.42 Å². The van der Waals surface area contributed by atoms with Crippen molar-refractivity contribution in [2.24, 2.45) is 11.8 Å². The monoisotopic (exact) mass is 160 g/mol. The average Bonchev–Trinajstić information content (AvgIpc) is 1.81. The topological polar surface area (TPSA) is 17.1 Å². The van der Waals surface area contributed by atoms with Crippen LogP contribution < -0.4 is 0 Å². The number of hydrogen-bond donors (Lipinski definition) is 1. The summed E-state index contributed by atoms with van der Waals surface area (Å²) in [7, 11) is 0. The van der Waals surface area contributed by atoms with Crippen LogP contribution in [0, 0.1) is 11.8 Å². The molecule has 0 spiro atoms. The molecular weight excluding hydrogens is 144 g/mol. The molecule has 0 aliphatic heterocycles. The van der Waals surface area contributed by atoms with Crippen molar-refractivity contribution in [2.45, 2.75) is 27.2 Å². The maximum atomic E-state index is 10.7. The Kier molecular flexibility index (Phi) is 4.79. The van der Waals surface area contributed by atoms with Crippen LogP contribution in [0.2, 0.25) is 0 Å². The van der Waals surface area contributed by atoms with Gasteiger partial charge in [0.2, 0.25) is 0 Å². The van der Waals surface area contributed by atoms with Gasteiger partial charge in [-0.25, -0.2) is 0 Å². The molecule has 0 aliphatic rings. The van der Waals surface area contributed by atoms with E-state index in [1.54, 1.807) is 6.92 Å². The van der Waals surface area contributed by atoms with Gasteiger partial charge < -0.3 is 4.79 Å². The first-order valence-corrected chi connectivity index (χ1v) is 4.31. The lowest BCUT2D eigenvalue weighted by atomic mass is 9.93. The minimum Gasteiger partial charge on any atom is -0.300 e. The highest BCUT2D eigenvalue weighted by Gasteiger charge is 2.12. The Hall–Kier alpha value is 0.0200. The van der Waals surface area contributed by atoms with Crippen molar-refractivity contribution >= 4 is 18.4 Å². The van der Waals surface area contributed by atoms with E-state index in [-0.39, 0.29) is 5.78 Å². The molecule has 1 atom stereocenters. The summed E-state index contributed by atoms with van der Waals surface area (Å²) < 4.78 is 0. The third-order valence-corrected chi connectivity index (χ3v) is 2.20. The van der Waals surface area contributed by atoms with E-state index in [2.05, 4.69) is 26.5 Å². The van der Waals surface area contributed by atoms with Gasteiger partial charge in [0.25, 0.3) is 0 Å². The molecule has 0 aromatic carbocycles. The Morgan fingerprint density at radius 3 is 2.10 bits per heavy atom. The predicted octanol–water partition coefficient (Wildman–Crippen LogP) is 2.17. The molecule has 0 amide bonds. The lowest BCUT2D eigenvalue weighted by Gasteiger charge is -2.15. The number of hydrogen-bond acceptors (Lipinski definition) is 2. The van der Waals surface area contributed by atoms with E-state index in [4.69, 9.17) is 0 Å². The highest BCUT2D eigenvalue weighted by Crippen LogP contribution is 2.16. The lowest BCUT2D eigenvalue weighted by molar-refractivity contribution is -0.118. The number of thiol groups is 1. The molecule has 0 fully saturated rings. The third kappa shape index (κ3) is 3.94. The molecule has 0 N–H and O–H groups in total. The van der Waals surface area contributed by atoms with Crippen molar-refractivity contribution in [3.63, 3.8) is 0 Å². The minimum atomic E-state index is 0.271. The molecule has 0 radical (unpaired) electrons. The predicted molar refractivity (Wildman–Crippen MR) is 47.5 cm³/mol. The smallest absolute Gasteiger partial charge is 0.130 e. The first-order chi connectivity index (χ1) is 4.57. The Morgan fingerprint density at radius 2 is 2.00 bits per heavy atom. The quantitative estimate of drug-likeness (QED) is 0.624. The molecular formula is C8H16OS. The van der Waals surface area contributed by atoms with Gasteiger partial charge in [0.05, 0.1) is 0 Å². The van der Waals surface area contributed by atoms with E-state index < -0.39 is 0 Å². The zero-order chi connectivity index (χ0) is 8.15. The van der Waals surface area contributed by atoms with E-state index in [0.29, 0.717) is 18.3 Å². The highest BCUT2D eigenvalue weighted by molar-refractivity contribution is 7.80. The molecule has 0 aliphatic carbocycles. The lowest BCUT2D eigenvalue weighted by Crippen LogP contribution is -2.13. The maximum Gasteiger partial charge on any atom is 0.130 e. The van der Waals surface area contributed by atoms with E-state index >= 15 is 0 Å². The molecule has 0 aromatic heterocycles. The second-order valence-electron chi connectivity index (χ2n) is 3.09. The van der Waals surface area contributed by atoms with E-state index in [1.165, 1.54) is 0 Å². The summed E-state index contributed by atoms with van der Waals surface area (Å²) in [6.45, 7) is 5.90. The van der Waals surface area contributed by atoms with Crippen LogP contribution in [0.1, 0.15) is 27.2 Å².